The van der Waals surface area contributed by atoms with Crippen LogP contribution in [0.2, 0.25) is 0 Å². The molecule has 1 fully saturated rings. The van der Waals surface area contributed by atoms with E-state index in [0.717, 1.165) is 54.0 Å². The lowest BCUT2D eigenvalue weighted by Crippen LogP contribution is -2.28. The quantitative estimate of drug-likeness (QED) is 0.804. The summed E-state index contributed by atoms with van der Waals surface area (Å²) in [6, 6.07) is 8.14. The highest BCUT2D eigenvalue weighted by Gasteiger charge is 2.30. The summed E-state index contributed by atoms with van der Waals surface area (Å²) in [6.45, 7) is 6.49. The maximum absolute atomic E-state index is 13.1. The highest BCUT2D eigenvalue weighted by molar-refractivity contribution is 6.07. The number of carbonyl (C=O) groups is 1. The number of nitrogens with zero attached hydrogens (tertiary/aromatic N) is 3. The van der Waals surface area contributed by atoms with Crippen molar-refractivity contribution in [3.05, 3.63) is 53.7 Å². The summed E-state index contributed by atoms with van der Waals surface area (Å²) in [5.74, 6) is 1.44. The zero-order chi connectivity index (χ0) is 16.7. The fourth-order valence-electron chi connectivity index (χ4n) is 3.66. The third kappa shape index (κ3) is 2.40. The molecule has 3 aromatic rings. The number of hydrogen-bond donors (Lipinski definition) is 1. The SMILES string of the molecule is CCn1cc(C(=O)N2CCC(c3ncc(C)[nH]3)C2)c2ccccc21. The number of likely N-dealkylation sites (tertiary alicyclic amines) is 1. The second-order valence-corrected chi connectivity index (χ2v) is 6.53. The van der Waals surface area contributed by atoms with Crippen LogP contribution in [0.4, 0.5) is 0 Å². The third-order valence-electron chi connectivity index (χ3n) is 4.94. The first-order valence-electron chi connectivity index (χ1n) is 8.56. The average molecular weight is 322 g/mol. The Morgan fingerprint density at radius 3 is 2.96 bits per heavy atom. The molecule has 0 saturated carbocycles. The largest absolute Gasteiger partial charge is 0.347 e. The molecule has 24 heavy (non-hydrogen) atoms. The Kier molecular flexibility index (Phi) is 3.63. The van der Waals surface area contributed by atoms with Crippen LogP contribution in [0.25, 0.3) is 10.9 Å². The second kappa shape index (κ2) is 5.82. The van der Waals surface area contributed by atoms with Crippen LogP contribution in [-0.2, 0) is 6.54 Å². The molecule has 1 amide bonds. The number of amides is 1. The molecule has 0 radical (unpaired) electrons. The average Bonchev–Trinajstić information content (AvgIpc) is 3.31. The van der Waals surface area contributed by atoms with E-state index in [4.69, 9.17) is 0 Å². The number of aryl methyl sites for hydroxylation is 2. The summed E-state index contributed by atoms with van der Waals surface area (Å²) in [5.41, 5.74) is 3.00. The molecule has 124 valence electrons. The molecule has 4 rings (SSSR count). The van der Waals surface area contributed by atoms with Gasteiger partial charge in [-0.25, -0.2) is 4.98 Å². The van der Waals surface area contributed by atoms with E-state index in [2.05, 4.69) is 27.5 Å². The number of aromatic nitrogens is 3. The number of aromatic amines is 1. The Morgan fingerprint density at radius 1 is 1.38 bits per heavy atom. The molecule has 0 aliphatic carbocycles. The van der Waals surface area contributed by atoms with E-state index in [1.165, 1.54) is 0 Å². The van der Waals surface area contributed by atoms with Gasteiger partial charge in [0, 0.05) is 54.5 Å². The van der Waals surface area contributed by atoms with E-state index in [1.807, 2.05) is 42.4 Å². The van der Waals surface area contributed by atoms with Gasteiger partial charge in [-0.15, -0.1) is 0 Å². The number of imidazole rings is 1. The van der Waals surface area contributed by atoms with Crippen LogP contribution in [0.3, 0.4) is 0 Å². The summed E-state index contributed by atoms with van der Waals surface area (Å²) in [5, 5.41) is 1.04. The number of rotatable bonds is 3. The lowest BCUT2D eigenvalue weighted by molar-refractivity contribution is 0.0792. The minimum atomic E-state index is 0.129. The first-order chi connectivity index (χ1) is 11.7. The summed E-state index contributed by atoms with van der Waals surface area (Å²) >= 11 is 0. The van der Waals surface area contributed by atoms with Crippen LogP contribution in [0.15, 0.2) is 36.7 Å². The normalized spacial score (nSPS) is 17.8. The minimum absolute atomic E-state index is 0.129. The first kappa shape index (κ1) is 15.0. The first-order valence-corrected chi connectivity index (χ1v) is 8.56. The van der Waals surface area contributed by atoms with Gasteiger partial charge in [-0.05, 0) is 26.3 Å². The molecule has 1 unspecified atom stereocenters. The summed E-state index contributed by atoms with van der Waals surface area (Å²) in [6.07, 6.45) is 4.82. The Bertz CT molecular complexity index is 892. The fraction of sp³-hybridized carbons (Fsp3) is 0.368. The van der Waals surface area contributed by atoms with Gasteiger partial charge in [-0.3, -0.25) is 4.79 Å². The number of fused-ring (bicyclic) bond motifs is 1. The molecular formula is C19H22N4O. The predicted octanol–water partition coefficient (Wildman–Crippen LogP) is 3.32. The van der Waals surface area contributed by atoms with E-state index in [-0.39, 0.29) is 5.91 Å². The molecule has 1 aromatic carbocycles. The molecule has 5 nitrogen and oxygen atoms in total. The van der Waals surface area contributed by atoms with E-state index in [0.29, 0.717) is 5.92 Å². The van der Waals surface area contributed by atoms with Crippen LogP contribution in [0.1, 0.15) is 41.1 Å². The number of para-hydroxylation sites is 1. The maximum atomic E-state index is 13.1. The molecular weight excluding hydrogens is 300 g/mol. The lowest BCUT2D eigenvalue weighted by atomic mass is 10.1. The van der Waals surface area contributed by atoms with E-state index in [9.17, 15) is 4.79 Å². The highest BCUT2D eigenvalue weighted by atomic mass is 16.2. The van der Waals surface area contributed by atoms with Crippen LogP contribution < -0.4 is 0 Å². The van der Waals surface area contributed by atoms with E-state index in [1.54, 1.807) is 0 Å². The van der Waals surface area contributed by atoms with Gasteiger partial charge in [-0.2, -0.15) is 0 Å². The van der Waals surface area contributed by atoms with Gasteiger partial charge in [0.25, 0.3) is 5.91 Å². The van der Waals surface area contributed by atoms with Gasteiger partial charge >= 0.3 is 0 Å². The number of hydrogen-bond acceptors (Lipinski definition) is 2. The van der Waals surface area contributed by atoms with Gasteiger partial charge in [-0.1, -0.05) is 18.2 Å². The van der Waals surface area contributed by atoms with Crippen molar-refractivity contribution in [2.75, 3.05) is 13.1 Å². The fourth-order valence-corrected chi connectivity index (χ4v) is 3.66. The van der Waals surface area contributed by atoms with E-state index >= 15 is 0 Å². The zero-order valence-electron chi connectivity index (χ0n) is 14.1. The van der Waals surface area contributed by atoms with Crippen molar-refractivity contribution >= 4 is 16.8 Å². The summed E-state index contributed by atoms with van der Waals surface area (Å²) < 4.78 is 2.14. The number of nitrogens with one attached hydrogen (secondary N) is 1. The molecule has 1 N–H and O–H groups in total. The van der Waals surface area contributed by atoms with Crippen LogP contribution in [-0.4, -0.2) is 38.4 Å². The monoisotopic (exact) mass is 322 g/mol. The van der Waals surface area contributed by atoms with Crippen molar-refractivity contribution in [1.29, 1.82) is 0 Å². The van der Waals surface area contributed by atoms with Gasteiger partial charge in [0.05, 0.1) is 5.56 Å². The molecule has 1 aliphatic rings. The van der Waals surface area contributed by atoms with Crippen LogP contribution in [0.5, 0.6) is 0 Å². The van der Waals surface area contributed by atoms with Crippen molar-refractivity contribution in [1.82, 2.24) is 19.4 Å². The van der Waals surface area contributed by atoms with Gasteiger partial charge < -0.3 is 14.5 Å². The Hall–Kier alpha value is -2.56. The van der Waals surface area contributed by atoms with Crippen LogP contribution >= 0.6 is 0 Å². The molecule has 1 saturated heterocycles. The Morgan fingerprint density at radius 2 is 2.21 bits per heavy atom. The summed E-state index contributed by atoms with van der Waals surface area (Å²) in [7, 11) is 0. The molecule has 2 aromatic heterocycles. The molecule has 1 aliphatic heterocycles. The maximum Gasteiger partial charge on any atom is 0.256 e. The van der Waals surface area contributed by atoms with Crippen LogP contribution in [0, 0.1) is 6.92 Å². The molecule has 3 heterocycles. The van der Waals surface area contributed by atoms with Gasteiger partial charge in [0.15, 0.2) is 0 Å². The Balaban J connectivity index is 1.61. The lowest BCUT2D eigenvalue weighted by Gasteiger charge is -2.15. The standard InChI is InChI=1S/C19H22N4O/c1-3-22-12-16(15-6-4-5-7-17(15)22)19(24)23-9-8-14(11-23)18-20-10-13(2)21-18/h4-7,10,12,14H,3,8-9,11H2,1-2H3,(H,20,21). The van der Waals surface area contributed by atoms with Crippen molar-refractivity contribution in [2.24, 2.45) is 0 Å². The van der Waals surface area contributed by atoms with Crippen molar-refractivity contribution in [3.63, 3.8) is 0 Å². The molecule has 1 atom stereocenters. The highest BCUT2D eigenvalue weighted by Crippen LogP contribution is 2.29. The smallest absolute Gasteiger partial charge is 0.256 e. The topological polar surface area (TPSA) is 53.9 Å². The van der Waals surface area contributed by atoms with Crippen molar-refractivity contribution in [2.45, 2.75) is 32.7 Å². The summed E-state index contributed by atoms with van der Waals surface area (Å²) in [4.78, 5) is 22.8. The number of benzene rings is 1. The molecule has 0 spiro atoms. The minimum Gasteiger partial charge on any atom is -0.347 e. The van der Waals surface area contributed by atoms with E-state index < -0.39 is 0 Å². The predicted molar refractivity (Wildman–Crippen MR) is 94.2 cm³/mol. The van der Waals surface area contributed by atoms with Crippen molar-refractivity contribution in [3.8, 4) is 0 Å². The third-order valence-corrected chi connectivity index (χ3v) is 4.94. The second-order valence-electron chi connectivity index (χ2n) is 6.53. The number of carbonyl (C=O) groups excluding carboxylic acids is 1. The van der Waals surface area contributed by atoms with Gasteiger partial charge in [0.2, 0.25) is 0 Å². The number of H-pyrrole nitrogens is 1. The van der Waals surface area contributed by atoms with Gasteiger partial charge in [0.1, 0.15) is 5.82 Å². The Labute approximate surface area is 141 Å². The zero-order valence-corrected chi connectivity index (χ0v) is 14.1. The molecule has 0 bridgehead atoms. The van der Waals surface area contributed by atoms with Crippen molar-refractivity contribution < 1.29 is 4.79 Å². The molecule has 5 heteroatoms.